The third-order valence-electron chi connectivity index (χ3n) is 4.13. The van der Waals surface area contributed by atoms with Gasteiger partial charge in [-0.05, 0) is 19.8 Å². The summed E-state index contributed by atoms with van der Waals surface area (Å²) in [7, 11) is 3.50. The molecule has 1 aliphatic rings. The number of aryl methyl sites for hydroxylation is 2. The predicted molar refractivity (Wildman–Crippen MR) is 70.9 cm³/mol. The van der Waals surface area contributed by atoms with Crippen molar-refractivity contribution in [2.75, 3.05) is 7.11 Å². The number of hydrogen-bond acceptors (Lipinski definition) is 3. The summed E-state index contributed by atoms with van der Waals surface area (Å²) in [6, 6.07) is 0. The number of nitrogens with zero attached hydrogens (tertiary/aromatic N) is 2. The van der Waals surface area contributed by atoms with Gasteiger partial charge in [0.05, 0.1) is 17.4 Å². The molecule has 1 heterocycles. The van der Waals surface area contributed by atoms with Gasteiger partial charge in [-0.1, -0.05) is 24.4 Å². The van der Waals surface area contributed by atoms with Crippen LogP contribution < -0.4 is 0 Å². The molecule has 1 aromatic heterocycles. The number of aliphatic hydroxyl groups is 1. The fourth-order valence-corrected chi connectivity index (χ4v) is 3.18. The maximum absolute atomic E-state index is 10.5. The first-order valence-corrected chi connectivity index (χ1v) is 6.79. The normalized spacial score (nSPS) is 20.3. The fourth-order valence-electron chi connectivity index (χ4n) is 2.93. The fraction of sp³-hybridized carbons (Fsp3) is 0.769. The zero-order chi connectivity index (χ0) is 13.3. The lowest BCUT2D eigenvalue weighted by molar-refractivity contribution is -0.0971. The summed E-state index contributed by atoms with van der Waals surface area (Å²) in [5.41, 5.74) is 1.41. The van der Waals surface area contributed by atoms with Gasteiger partial charge < -0.3 is 9.84 Å². The van der Waals surface area contributed by atoms with Crippen molar-refractivity contribution in [1.82, 2.24) is 9.78 Å². The molecule has 4 nitrogen and oxygen atoms in total. The lowest BCUT2D eigenvalue weighted by atomic mass is 9.90. The molecule has 0 radical (unpaired) electrons. The van der Waals surface area contributed by atoms with Crippen molar-refractivity contribution >= 4 is 11.6 Å². The molecule has 102 valence electrons. The highest BCUT2D eigenvalue weighted by Gasteiger charge is 2.41. The quantitative estimate of drug-likeness (QED) is 0.914. The minimum Gasteiger partial charge on any atom is -0.390 e. The number of aliphatic hydroxyl groups excluding tert-OH is 1. The van der Waals surface area contributed by atoms with Crippen molar-refractivity contribution in [2.45, 2.75) is 50.7 Å². The average molecular weight is 273 g/mol. The van der Waals surface area contributed by atoms with E-state index >= 15 is 0 Å². The number of hydrogen-bond donors (Lipinski definition) is 1. The second-order valence-electron chi connectivity index (χ2n) is 5.17. The van der Waals surface area contributed by atoms with Gasteiger partial charge in [0.1, 0.15) is 5.15 Å². The SMILES string of the molecule is COC1(C(O)Cc2c(C)nn(C)c2Cl)CCCC1. The van der Waals surface area contributed by atoms with Crippen LogP contribution in [0.1, 0.15) is 36.9 Å². The van der Waals surface area contributed by atoms with Crippen LogP contribution in [0.25, 0.3) is 0 Å². The lowest BCUT2D eigenvalue weighted by Gasteiger charge is -2.32. The van der Waals surface area contributed by atoms with Gasteiger partial charge in [0.25, 0.3) is 0 Å². The maximum atomic E-state index is 10.5. The Kier molecular flexibility index (Phi) is 3.99. The van der Waals surface area contributed by atoms with Crippen molar-refractivity contribution in [2.24, 2.45) is 7.05 Å². The van der Waals surface area contributed by atoms with Crippen molar-refractivity contribution < 1.29 is 9.84 Å². The Balaban J connectivity index is 2.18. The molecule has 18 heavy (non-hydrogen) atoms. The Morgan fingerprint density at radius 1 is 1.50 bits per heavy atom. The summed E-state index contributed by atoms with van der Waals surface area (Å²) in [5.74, 6) is 0. The van der Waals surface area contributed by atoms with Crippen LogP contribution in [0.15, 0.2) is 0 Å². The first-order valence-electron chi connectivity index (χ1n) is 6.41. The molecular formula is C13H21ClN2O2. The van der Waals surface area contributed by atoms with E-state index in [1.165, 1.54) is 0 Å². The van der Waals surface area contributed by atoms with E-state index in [2.05, 4.69) is 5.10 Å². The zero-order valence-corrected chi connectivity index (χ0v) is 12.0. The first-order chi connectivity index (χ1) is 8.50. The highest BCUT2D eigenvalue weighted by molar-refractivity contribution is 6.30. The Morgan fingerprint density at radius 2 is 2.11 bits per heavy atom. The van der Waals surface area contributed by atoms with Crippen LogP contribution in [-0.4, -0.2) is 33.7 Å². The van der Waals surface area contributed by atoms with Gasteiger partial charge in [-0.15, -0.1) is 0 Å². The van der Waals surface area contributed by atoms with E-state index in [1.807, 2.05) is 14.0 Å². The van der Waals surface area contributed by atoms with Gasteiger partial charge in [0, 0.05) is 26.1 Å². The molecule has 0 aromatic carbocycles. The second kappa shape index (κ2) is 5.19. The summed E-state index contributed by atoms with van der Waals surface area (Å²) in [4.78, 5) is 0. The summed E-state index contributed by atoms with van der Waals surface area (Å²) >= 11 is 6.20. The van der Waals surface area contributed by atoms with Crippen LogP contribution >= 0.6 is 11.6 Å². The van der Waals surface area contributed by atoms with Crippen molar-refractivity contribution in [3.63, 3.8) is 0 Å². The van der Waals surface area contributed by atoms with E-state index in [4.69, 9.17) is 16.3 Å². The van der Waals surface area contributed by atoms with Crippen LogP contribution in [0.3, 0.4) is 0 Å². The van der Waals surface area contributed by atoms with E-state index < -0.39 is 11.7 Å². The molecule has 1 atom stereocenters. The van der Waals surface area contributed by atoms with Crippen LogP contribution in [-0.2, 0) is 18.2 Å². The Labute approximate surface area is 113 Å². The molecule has 1 N–H and O–H groups in total. The Morgan fingerprint density at radius 3 is 2.56 bits per heavy atom. The van der Waals surface area contributed by atoms with Gasteiger partial charge in [0.2, 0.25) is 0 Å². The van der Waals surface area contributed by atoms with Gasteiger partial charge in [-0.3, -0.25) is 4.68 Å². The minimum atomic E-state index is -0.523. The molecule has 1 aliphatic carbocycles. The molecular weight excluding hydrogens is 252 g/mol. The summed E-state index contributed by atoms with van der Waals surface area (Å²) in [6.45, 7) is 1.92. The van der Waals surface area contributed by atoms with E-state index in [1.54, 1.807) is 11.8 Å². The first kappa shape index (κ1) is 13.8. The van der Waals surface area contributed by atoms with E-state index in [9.17, 15) is 5.11 Å². The van der Waals surface area contributed by atoms with Crippen LogP contribution in [0.4, 0.5) is 0 Å². The topological polar surface area (TPSA) is 47.3 Å². The molecule has 5 heteroatoms. The highest BCUT2D eigenvalue weighted by atomic mass is 35.5. The molecule has 0 spiro atoms. The van der Waals surface area contributed by atoms with E-state index in [0.717, 1.165) is 36.9 Å². The third-order valence-corrected chi connectivity index (χ3v) is 4.60. The molecule has 1 fully saturated rings. The largest absolute Gasteiger partial charge is 0.390 e. The third kappa shape index (κ3) is 2.29. The van der Waals surface area contributed by atoms with Gasteiger partial charge in [-0.25, -0.2) is 0 Å². The molecule has 0 aliphatic heterocycles. The van der Waals surface area contributed by atoms with Crippen molar-refractivity contribution in [3.8, 4) is 0 Å². The number of halogens is 1. The lowest BCUT2D eigenvalue weighted by Crippen LogP contribution is -2.43. The number of aromatic nitrogens is 2. The minimum absolute atomic E-state index is 0.397. The van der Waals surface area contributed by atoms with E-state index in [-0.39, 0.29) is 0 Å². The summed E-state index contributed by atoms with van der Waals surface area (Å²) in [6.07, 6.45) is 4.05. The van der Waals surface area contributed by atoms with Gasteiger partial charge in [0.15, 0.2) is 0 Å². The number of ether oxygens (including phenoxy) is 1. The molecule has 0 amide bonds. The molecule has 0 bridgehead atoms. The molecule has 1 saturated carbocycles. The maximum Gasteiger partial charge on any atom is 0.130 e. The van der Waals surface area contributed by atoms with Gasteiger partial charge in [-0.2, -0.15) is 5.10 Å². The van der Waals surface area contributed by atoms with Crippen molar-refractivity contribution in [3.05, 3.63) is 16.4 Å². The predicted octanol–water partition coefficient (Wildman–Crippen LogP) is 2.24. The second-order valence-corrected chi connectivity index (χ2v) is 5.53. The molecule has 1 unspecified atom stereocenters. The van der Waals surface area contributed by atoms with Crippen LogP contribution in [0, 0.1) is 6.92 Å². The van der Waals surface area contributed by atoms with E-state index in [0.29, 0.717) is 11.6 Å². The monoisotopic (exact) mass is 272 g/mol. The smallest absolute Gasteiger partial charge is 0.130 e. The van der Waals surface area contributed by atoms with Crippen LogP contribution in [0.2, 0.25) is 5.15 Å². The standard InChI is InChI=1S/C13H21ClN2O2/c1-9-10(12(14)16(2)15-9)8-11(17)13(18-3)6-4-5-7-13/h11,17H,4-8H2,1-3H3. The van der Waals surface area contributed by atoms with Crippen LogP contribution in [0.5, 0.6) is 0 Å². The van der Waals surface area contributed by atoms with Crippen molar-refractivity contribution in [1.29, 1.82) is 0 Å². The zero-order valence-electron chi connectivity index (χ0n) is 11.2. The van der Waals surface area contributed by atoms with Gasteiger partial charge >= 0.3 is 0 Å². The molecule has 1 aromatic rings. The molecule has 0 saturated heterocycles. The molecule has 2 rings (SSSR count). The Hall–Kier alpha value is -0.580. The number of rotatable bonds is 4. The Bertz CT molecular complexity index is 425. The average Bonchev–Trinajstić information content (AvgIpc) is 2.91. The highest BCUT2D eigenvalue weighted by Crippen LogP contribution is 2.37. The summed E-state index contributed by atoms with van der Waals surface area (Å²) < 4.78 is 7.24. The number of methoxy groups -OCH3 is 1. The summed E-state index contributed by atoms with van der Waals surface area (Å²) in [5, 5.41) is 15.4.